The van der Waals surface area contributed by atoms with Gasteiger partial charge in [-0.2, -0.15) is 0 Å². The molecule has 0 aromatic heterocycles. The zero-order valence-electron chi connectivity index (χ0n) is 11.1. The second-order valence-corrected chi connectivity index (χ2v) is 4.95. The van der Waals surface area contributed by atoms with Crippen LogP contribution in [0.2, 0.25) is 0 Å². The Morgan fingerprint density at radius 1 is 1.55 bits per heavy atom. The third kappa shape index (κ3) is 3.12. The van der Waals surface area contributed by atoms with Gasteiger partial charge in [0.1, 0.15) is 0 Å². The zero-order valence-corrected chi connectivity index (χ0v) is 11.1. The number of hydrogen-bond acceptors (Lipinski definition) is 5. The molecular weight excluding hydrogens is 262 g/mol. The molecule has 2 unspecified atom stereocenters. The summed E-state index contributed by atoms with van der Waals surface area (Å²) in [5.41, 5.74) is 0.862. The van der Waals surface area contributed by atoms with E-state index in [4.69, 9.17) is 0 Å². The Morgan fingerprint density at radius 2 is 2.30 bits per heavy atom. The van der Waals surface area contributed by atoms with Crippen molar-refractivity contribution >= 4 is 11.6 Å². The summed E-state index contributed by atoms with van der Waals surface area (Å²) in [5, 5.41) is 26.1. The zero-order chi connectivity index (χ0) is 14.7. The number of nitro groups is 1. The molecule has 7 heteroatoms. The van der Waals surface area contributed by atoms with E-state index in [0.717, 1.165) is 0 Å². The van der Waals surface area contributed by atoms with Crippen LogP contribution in [0.5, 0.6) is 0 Å². The van der Waals surface area contributed by atoms with Crippen molar-refractivity contribution in [3.63, 3.8) is 0 Å². The van der Waals surface area contributed by atoms with Crippen LogP contribution in [0.4, 0.5) is 5.69 Å². The number of aliphatic hydroxyl groups excluding tert-OH is 1. The molecule has 3 N–H and O–H groups in total. The van der Waals surface area contributed by atoms with Crippen molar-refractivity contribution in [3.8, 4) is 0 Å². The predicted molar refractivity (Wildman–Crippen MR) is 72.5 cm³/mol. The summed E-state index contributed by atoms with van der Waals surface area (Å²) in [5.74, 6) is -0.386. The molecule has 0 spiro atoms. The van der Waals surface area contributed by atoms with Crippen molar-refractivity contribution in [1.29, 1.82) is 0 Å². The van der Waals surface area contributed by atoms with Crippen LogP contribution in [0.15, 0.2) is 18.2 Å². The van der Waals surface area contributed by atoms with Gasteiger partial charge in [-0.05, 0) is 12.5 Å². The molecule has 1 aromatic carbocycles. The van der Waals surface area contributed by atoms with E-state index in [-0.39, 0.29) is 17.5 Å². The Balaban J connectivity index is 2.05. The van der Waals surface area contributed by atoms with E-state index in [1.165, 1.54) is 12.1 Å². The number of aryl methyl sites for hydroxylation is 1. The van der Waals surface area contributed by atoms with Gasteiger partial charge in [0.05, 0.1) is 11.0 Å². The fourth-order valence-electron chi connectivity index (χ4n) is 2.21. The summed E-state index contributed by atoms with van der Waals surface area (Å²) in [6.45, 7) is 3.24. The maximum absolute atomic E-state index is 12.1. The first-order valence-electron chi connectivity index (χ1n) is 6.41. The molecule has 7 nitrogen and oxygen atoms in total. The Labute approximate surface area is 116 Å². The van der Waals surface area contributed by atoms with E-state index in [9.17, 15) is 20.0 Å². The van der Waals surface area contributed by atoms with Crippen LogP contribution >= 0.6 is 0 Å². The van der Waals surface area contributed by atoms with Crippen LogP contribution in [0.1, 0.15) is 15.9 Å². The van der Waals surface area contributed by atoms with Crippen molar-refractivity contribution in [1.82, 2.24) is 10.6 Å². The summed E-state index contributed by atoms with van der Waals surface area (Å²) in [6, 6.07) is 4.20. The highest BCUT2D eigenvalue weighted by Gasteiger charge is 2.25. The van der Waals surface area contributed by atoms with Gasteiger partial charge in [-0.15, -0.1) is 0 Å². The first-order chi connectivity index (χ1) is 9.49. The van der Waals surface area contributed by atoms with Crippen LogP contribution < -0.4 is 10.6 Å². The SMILES string of the molecule is Cc1ccc([N+](=O)[O-])cc1C(=O)NCC1CNCC1O. The Kier molecular flexibility index (Phi) is 4.31. The molecule has 108 valence electrons. The molecule has 0 radical (unpaired) electrons. The normalized spacial score (nSPS) is 21.7. The van der Waals surface area contributed by atoms with Gasteiger partial charge >= 0.3 is 0 Å². The summed E-state index contributed by atoms with van der Waals surface area (Å²) in [6.07, 6.45) is -0.471. The van der Waals surface area contributed by atoms with Crippen LogP contribution in [-0.4, -0.2) is 41.7 Å². The summed E-state index contributed by atoms with van der Waals surface area (Å²) in [4.78, 5) is 22.3. The van der Waals surface area contributed by atoms with Gasteiger partial charge in [0, 0.05) is 43.2 Å². The average Bonchev–Trinajstić information content (AvgIpc) is 2.81. The van der Waals surface area contributed by atoms with Gasteiger partial charge in [-0.25, -0.2) is 0 Å². The lowest BCUT2D eigenvalue weighted by Crippen LogP contribution is -2.34. The molecule has 20 heavy (non-hydrogen) atoms. The maximum atomic E-state index is 12.1. The van der Waals surface area contributed by atoms with E-state index in [1.54, 1.807) is 13.0 Å². The molecular formula is C13H17N3O4. The van der Waals surface area contributed by atoms with Gasteiger partial charge in [0.15, 0.2) is 0 Å². The predicted octanol–water partition coefficient (Wildman–Crippen LogP) is 0.213. The van der Waals surface area contributed by atoms with E-state index in [2.05, 4.69) is 10.6 Å². The molecule has 2 atom stereocenters. The summed E-state index contributed by atoms with van der Waals surface area (Å²) >= 11 is 0. The topological polar surface area (TPSA) is 104 Å². The van der Waals surface area contributed by atoms with Crippen molar-refractivity contribution in [3.05, 3.63) is 39.4 Å². The fourth-order valence-corrected chi connectivity index (χ4v) is 2.21. The molecule has 1 aliphatic rings. The lowest BCUT2D eigenvalue weighted by molar-refractivity contribution is -0.384. The number of carbonyl (C=O) groups excluding carboxylic acids is 1. The minimum Gasteiger partial charge on any atom is -0.391 e. The molecule has 0 bridgehead atoms. The lowest BCUT2D eigenvalue weighted by atomic mass is 10.0. The standard InChI is InChI=1S/C13H17N3O4/c1-8-2-3-10(16(19)20)4-11(8)13(18)15-6-9-5-14-7-12(9)17/h2-4,9,12,14,17H,5-7H2,1H3,(H,15,18). The number of benzene rings is 1. The molecule has 1 heterocycles. The minimum atomic E-state index is -0.527. The largest absolute Gasteiger partial charge is 0.391 e. The third-order valence-electron chi connectivity index (χ3n) is 3.51. The number of rotatable bonds is 4. The van der Waals surface area contributed by atoms with E-state index in [0.29, 0.717) is 30.8 Å². The van der Waals surface area contributed by atoms with Crippen LogP contribution in [0, 0.1) is 23.0 Å². The van der Waals surface area contributed by atoms with Crippen molar-refractivity contribution in [2.45, 2.75) is 13.0 Å². The molecule has 1 aromatic rings. The Hall–Kier alpha value is -1.99. The van der Waals surface area contributed by atoms with Gasteiger partial charge < -0.3 is 15.7 Å². The molecule has 1 aliphatic heterocycles. The first kappa shape index (κ1) is 14.4. The molecule has 2 rings (SSSR count). The number of hydrogen-bond donors (Lipinski definition) is 3. The lowest BCUT2D eigenvalue weighted by Gasteiger charge is -2.14. The van der Waals surface area contributed by atoms with E-state index in [1.807, 2.05) is 0 Å². The average molecular weight is 279 g/mol. The molecule has 1 saturated heterocycles. The summed E-state index contributed by atoms with van der Waals surface area (Å²) < 4.78 is 0. The second kappa shape index (κ2) is 5.98. The van der Waals surface area contributed by atoms with E-state index >= 15 is 0 Å². The number of nitrogens with one attached hydrogen (secondary N) is 2. The monoisotopic (exact) mass is 279 g/mol. The number of β-amino-alcohol motifs (C(OH)–C–C–N with tert-alkyl or cyclic N) is 1. The highest BCUT2D eigenvalue weighted by molar-refractivity contribution is 5.96. The number of non-ortho nitro benzene ring substituents is 1. The first-order valence-corrected chi connectivity index (χ1v) is 6.41. The number of aliphatic hydroxyl groups is 1. The fraction of sp³-hybridized carbons (Fsp3) is 0.462. The Morgan fingerprint density at radius 3 is 2.90 bits per heavy atom. The van der Waals surface area contributed by atoms with Crippen molar-refractivity contribution in [2.75, 3.05) is 19.6 Å². The van der Waals surface area contributed by atoms with Gasteiger partial charge in [-0.1, -0.05) is 6.07 Å². The number of carbonyl (C=O) groups is 1. The molecule has 0 saturated carbocycles. The number of nitro benzene ring substituents is 1. The Bertz CT molecular complexity index is 532. The molecule has 1 amide bonds. The van der Waals surface area contributed by atoms with Crippen molar-refractivity contribution < 1.29 is 14.8 Å². The quantitative estimate of drug-likeness (QED) is 0.540. The number of amides is 1. The third-order valence-corrected chi connectivity index (χ3v) is 3.51. The smallest absolute Gasteiger partial charge is 0.270 e. The van der Waals surface area contributed by atoms with Gasteiger partial charge in [0.2, 0.25) is 0 Å². The highest BCUT2D eigenvalue weighted by Crippen LogP contribution is 2.17. The maximum Gasteiger partial charge on any atom is 0.270 e. The molecule has 0 aliphatic carbocycles. The molecule has 1 fully saturated rings. The van der Waals surface area contributed by atoms with Gasteiger partial charge in [0.25, 0.3) is 11.6 Å². The second-order valence-electron chi connectivity index (χ2n) is 4.95. The van der Waals surface area contributed by atoms with Gasteiger partial charge in [-0.3, -0.25) is 14.9 Å². The highest BCUT2D eigenvalue weighted by atomic mass is 16.6. The van der Waals surface area contributed by atoms with E-state index < -0.39 is 11.0 Å². The van der Waals surface area contributed by atoms with Crippen molar-refractivity contribution in [2.24, 2.45) is 5.92 Å². The van der Waals surface area contributed by atoms with Crippen LogP contribution in [-0.2, 0) is 0 Å². The van der Waals surface area contributed by atoms with Crippen LogP contribution in [0.25, 0.3) is 0 Å². The van der Waals surface area contributed by atoms with Crippen LogP contribution in [0.3, 0.4) is 0 Å². The number of nitrogens with zero attached hydrogens (tertiary/aromatic N) is 1. The summed E-state index contributed by atoms with van der Waals surface area (Å²) in [7, 11) is 0. The minimum absolute atomic E-state index is 0.0297.